The van der Waals surface area contributed by atoms with Gasteiger partial charge in [-0.3, -0.25) is 0 Å². The van der Waals surface area contributed by atoms with Crippen molar-refractivity contribution >= 4 is 6.09 Å². The molecule has 3 rings (SSSR count). The van der Waals surface area contributed by atoms with Gasteiger partial charge in [-0.2, -0.15) is 18.2 Å². The molecule has 0 saturated carbocycles. The number of hydrogen-bond acceptors (Lipinski definition) is 4. The van der Waals surface area contributed by atoms with Crippen LogP contribution in [0.3, 0.4) is 0 Å². The van der Waals surface area contributed by atoms with Gasteiger partial charge in [0.2, 0.25) is 11.7 Å². The van der Waals surface area contributed by atoms with E-state index in [1.807, 2.05) is 0 Å². The predicted octanol–water partition coefficient (Wildman–Crippen LogP) is 6.91. The molecule has 1 aliphatic heterocycles. The molecule has 182 valence electrons. The normalized spacial score (nSPS) is 16.8. The van der Waals surface area contributed by atoms with Crippen LogP contribution in [-0.2, 0) is 12.6 Å². The Morgan fingerprint density at radius 2 is 1.91 bits per heavy atom. The van der Waals surface area contributed by atoms with Crippen LogP contribution in [-0.4, -0.2) is 39.3 Å². The fraction of sp³-hybridized carbons (Fsp3) is 0.625. The van der Waals surface area contributed by atoms with Gasteiger partial charge in [-0.15, -0.1) is 0 Å². The Balaban J connectivity index is 1.68. The highest BCUT2D eigenvalue weighted by atomic mass is 19.4. The van der Waals surface area contributed by atoms with E-state index < -0.39 is 17.8 Å². The van der Waals surface area contributed by atoms with E-state index in [0.29, 0.717) is 25.8 Å². The number of aryl methyl sites for hydroxylation is 1. The molecule has 1 N–H and O–H groups in total. The number of piperidine rings is 1. The maximum absolute atomic E-state index is 13.7. The molecule has 9 heteroatoms. The van der Waals surface area contributed by atoms with Gasteiger partial charge in [0.1, 0.15) is 0 Å². The number of hydrogen-bond donors (Lipinski definition) is 1. The quantitative estimate of drug-likeness (QED) is 0.384. The van der Waals surface area contributed by atoms with E-state index in [0.717, 1.165) is 31.7 Å². The van der Waals surface area contributed by atoms with E-state index in [2.05, 4.69) is 17.1 Å². The number of unbranched alkanes of at least 4 members (excludes halogenated alkanes) is 6. The number of nitrogens with zero attached hydrogens (tertiary/aromatic N) is 3. The minimum absolute atomic E-state index is 0.0884. The Labute approximate surface area is 192 Å². The SMILES string of the molecule is CCCCCCCCCc1ccc(-c2noc(C3CCCN(C(=O)O)C3)n2)cc1C(F)(F)F. The number of benzene rings is 1. The van der Waals surface area contributed by atoms with Gasteiger partial charge >= 0.3 is 12.3 Å². The summed E-state index contributed by atoms with van der Waals surface area (Å²) < 4.78 is 46.5. The van der Waals surface area contributed by atoms with Crippen molar-refractivity contribution in [2.45, 2.75) is 83.2 Å². The summed E-state index contributed by atoms with van der Waals surface area (Å²) in [7, 11) is 0. The zero-order valence-electron chi connectivity index (χ0n) is 19.0. The molecule has 1 atom stereocenters. The largest absolute Gasteiger partial charge is 0.465 e. The summed E-state index contributed by atoms with van der Waals surface area (Å²) in [6, 6.07) is 4.21. The van der Waals surface area contributed by atoms with Crippen LogP contribution in [0.15, 0.2) is 22.7 Å². The standard InChI is InChI=1S/C24H32F3N3O3/c1-2-3-4-5-6-7-8-10-17-12-13-18(15-20(17)24(25,26)27)21-28-22(33-29-21)19-11-9-14-30(16-19)23(31)32/h12-13,15,19H,2-11,14,16H2,1H3,(H,31,32). The Kier molecular flexibility index (Phi) is 8.74. The Bertz CT molecular complexity index is 914. The lowest BCUT2D eigenvalue weighted by atomic mass is 9.97. The van der Waals surface area contributed by atoms with Crippen molar-refractivity contribution < 1.29 is 27.6 Å². The number of carbonyl (C=O) groups is 1. The van der Waals surface area contributed by atoms with Gasteiger partial charge in [-0.1, -0.05) is 62.7 Å². The van der Waals surface area contributed by atoms with Crippen molar-refractivity contribution in [3.8, 4) is 11.4 Å². The number of aromatic nitrogens is 2. The van der Waals surface area contributed by atoms with E-state index in [-0.39, 0.29) is 35.3 Å². The fourth-order valence-electron chi connectivity index (χ4n) is 4.34. The number of likely N-dealkylation sites (tertiary alicyclic amines) is 1. The van der Waals surface area contributed by atoms with Crippen LogP contribution in [0.5, 0.6) is 0 Å². The first-order valence-electron chi connectivity index (χ1n) is 11.8. The van der Waals surface area contributed by atoms with Gasteiger partial charge in [0.05, 0.1) is 11.5 Å². The highest BCUT2D eigenvalue weighted by molar-refractivity contribution is 5.65. The third-order valence-corrected chi connectivity index (χ3v) is 6.21. The highest BCUT2D eigenvalue weighted by Crippen LogP contribution is 2.36. The summed E-state index contributed by atoms with van der Waals surface area (Å²) in [6.45, 7) is 2.84. The molecule has 1 fully saturated rings. The summed E-state index contributed by atoms with van der Waals surface area (Å²) >= 11 is 0. The van der Waals surface area contributed by atoms with Gasteiger partial charge in [0, 0.05) is 18.7 Å². The molecule has 0 radical (unpaired) electrons. The van der Waals surface area contributed by atoms with Gasteiger partial charge < -0.3 is 14.5 Å². The summed E-state index contributed by atoms with van der Waals surface area (Å²) in [6.07, 6.45) is 3.64. The van der Waals surface area contributed by atoms with Crippen molar-refractivity contribution in [2.75, 3.05) is 13.1 Å². The van der Waals surface area contributed by atoms with E-state index in [1.54, 1.807) is 6.07 Å². The van der Waals surface area contributed by atoms with Gasteiger partial charge in [-0.25, -0.2) is 4.79 Å². The van der Waals surface area contributed by atoms with Crippen molar-refractivity contribution in [2.24, 2.45) is 0 Å². The van der Waals surface area contributed by atoms with Crippen LogP contribution in [0.1, 0.15) is 87.6 Å². The molecule has 1 aliphatic rings. The first-order valence-corrected chi connectivity index (χ1v) is 11.8. The summed E-state index contributed by atoms with van der Waals surface area (Å²) in [4.78, 5) is 16.8. The zero-order chi connectivity index (χ0) is 23.8. The molecule has 0 bridgehead atoms. The highest BCUT2D eigenvalue weighted by Gasteiger charge is 2.34. The van der Waals surface area contributed by atoms with Crippen LogP contribution in [0.4, 0.5) is 18.0 Å². The number of rotatable bonds is 10. The molecule has 2 heterocycles. The molecule has 1 unspecified atom stereocenters. The van der Waals surface area contributed by atoms with Crippen molar-refractivity contribution in [1.29, 1.82) is 0 Å². The Hall–Kier alpha value is -2.58. The summed E-state index contributed by atoms with van der Waals surface area (Å²) in [5.41, 5.74) is -0.133. The zero-order valence-corrected chi connectivity index (χ0v) is 19.0. The second-order valence-electron chi connectivity index (χ2n) is 8.76. The lowest BCUT2D eigenvalue weighted by Crippen LogP contribution is -2.38. The minimum Gasteiger partial charge on any atom is -0.465 e. The molecule has 0 spiro atoms. The number of alkyl halides is 3. The summed E-state index contributed by atoms with van der Waals surface area (Å²) in [5.74, 6) is 0.0943. The van der Waals surface area contributed by atoms with Crippen LogP contribution < -0.4 is 0 Å². The van der Waals surface area contributed by atoms with Gasteiger partial charge in [0.15, 0.2) is 0 Å². The maximum Gasteiger partial charge on any atom is 0.416 e. The van der Waals surface area contributed by atoms with E-state index in [4.69, 9.17) is 4.52 Å². The number of carboxylic acid groups (broad SMARTS) is 1. The maximum atomic E-state index is 13.7. The van der Waals surface area contributed by atoms with Crippen molar-refractivity contribution in [3.63, 3.8) is 0 Å². The molecule has 6 nitrogen and oxygen atoms in total. The lowest BCUT2D eigenvalue weighted by Gasteiger charge is -2.28. The Morgan fingerprint density at radius 3 is 2.61 bits per heavy atom. The first-order chi connectivity index (χ1) is 15.8. The van der Waals surface area contributed by atoms with Crippen molar-refractivity contribution in [3.05, 3.63) is 35.2 Å². The van der Waals surface area contributed by atoms with E-state index >= 15 is 0 Å². The third-order valence-electron chi connectivity index (χ3n) is 6.21. The van der Waals surface area contributed by atoms with Crippen LogP contribution >= 0.6 is 0 Å². The lowest BCUT2D eigenvalue weighted by molar-refractivity contribution is -0.138. The van der Waals surface area contributed by atoms with Crippen molar-refractivity contribution in [1.82, 2.24) is 15.0 Å². The third kappa shape index (κ3) is 6.95. The van der Waals surface area contributed by atoms with Crippen LogP contribution in [0.25, 0.3) is 11.4 Å². The molecule has 1 aromatic heterocycles. The van der Waals surface area contributed by atoms with Crippen LogP contribution in [0.2, 0.25) is 0 Å². The minimum atomic E-state index is -4.47. The van der Waals surface area contributed by atoms with E-state index in [9.17, 15) is 23.1 Å². The Morgan fingerprint density at radius 1 is 1.18 bits per heavy atom. The predicted molar refractivity (Wildman–Crippen MR) is 118 cm³/mol. The average Bonchev–Trinajstić information content (AvgIpc) is 3.28. The number of halogens is 3. The smallest absolute Gasteiger partial charge is 0.416 e. The van der Waals surface area contributed by atoms with Gasteiger partial charge in [0.25, 0.3) is 0 Å². The molecule has 1 aromatic carbocycles. The summed E-state index contributed by atoms with van der Waals surface area (Å²) in [5, 5.41) is 13.1. The molecule has 2 aromatic rings. The molecular weight excluding hydrogens is 435 g/mol. The van der Waals surface area contributed by atoms with Crippen LogP contribution in [0, 0.1) is 0 Å². The fourth-order valence-corrected chi connectivity index (χ4v) is 4.34. The second kappa shape index (κ2) is 11.5. The topological polar surface area (TPSA) is 79.5 Å². The average molecular weight is 468 g/mol. The molecule has 1 saturated heterocycles. The molecule has 33 heavy (non-hydrogen) atoms. The van der Waals surface area contributed by atoms with Gasteiger partial charge in [-0.05, 0) is 37.3 Å². The monoisotopic (exact) mass is 467 g/mol. The van der Waals surface area contributed by atoms with E-state index in [1.165, 1.54) is 30.2 Å². The second-order valence-corrected chi connectivity index (χ2v) is 8.76. The molecule has 0 aliphatic carbocycles. The molecule has 1 amide bonds. The molecular formula is C24H32F3N3O3. The first kappa shape index (κ1) is 25.1. The number of amides is 1.